The topological polar surface area (TPSA) is 102 Å². The van der Waals surface area contributed by atoms with Gasteiger partial charge in [0, 0.05) is 16.8 Å². The summed E-state index contributed by atoms with van der Waals surface area (Å²) in [5.74, 6) is -0.804. The van der Waals surface area contributed by atoms with E-state index in [1.807, 2.05) is 31.2 Å². The number of ether oxygens (including phenoxy) is 1. The Balaban J connectivity index is 1.71. The first-order chi connectivity index (χ1) is 12.5. The van der Waals surface area contributed by atoms with Crippen LogP contribution < -0.4 is 16.0 Å². The Morgan fingerprint density at radius 2 is 1.85 bits per heavy atom. The maximum absolute atomic E-state index is 12.4. The van der Waals surface area contributed by atoms with Crippen LogP contribution in [-0.2, 0) is 4.74 Å². The number of primary amides is 1. The van der Waals surface area contributed by atoms with Gasteiger partial charge >= 0.3 is 6.09 Å². The maximum atomic E-state index is 12.4. The zero-order valence-electron chi connectivity index (χ0n) is 14.3. The van der Waals surface area contributed by atoms with Crippen LogP contribution in [0.3, 0.4) is 0 Å². The molecule has 7 heteroatoms. The van der Waals surface area contributed by atoms with Gasteiger partial charge in [-0.2, -0.15) is 0 Å². The van der Waals surface area contributed by atoms with Crippen molar-refractivity contribution in [2.45, 2.75) is 13.0 Å². The molecule has 1 atom stereocenters. The van der Waals surface area contributed by atoms with Gasteiger partial charge in [-0.05, 0) is 48.9 Å². The summed E-state index contributed by atoms with van der Waals surface area (Å²) >= 11 is 0. The summed E-state index contributed by atoms with van der Waals surface area (Å²) in [5.41, 5.74) is 7.57. The molecule has 0 saturated carbocycles. The molecule has 0 bridgehead atoms. The molecule has 1 fully saturated rings. The predicted octanol–water partition coefficient (Wildman–Crippen LogP) is 2.23. The zero-order chi connectivity index (χ0) is 18.7. The lowest BCUT2D eigenvalue weighted by atomic mass is 10.1. The van der Waals surface area contributed by atoms with Gasteiger partial charge in [-0.15, -0.1) is 0 Å². The van der Waals surface area contributed by atoms with Crippen molar-refractivity contribution in [2.75, 3.05) is 18.1 Å². The van der Waals surface area contributed by atoms with Crippen molar-refractivity contribution in [2.24, 2.45) is 5.73 Å². The Hall–Kier alpha value is -3.35. The highest BCUT2D eigenvalue weighted by molar-refractivity contribution is 5.97. The molecule has 2 aromatic rings. The van der Waals surface area contributed by atoms with Crippen LogP contribution in [0, 0.1) is 0 Å². The number of nitrogens with zero attached hydrogens (tertiary/aromatic N) is 1. The molecule has 3 N–H and O–H groups in total. The molecular formula is C19H19N3O4. The standard InChI is InChI=1S/C19H19N3O4/c1-12(21-18(24)14-7-5-13(6-8-14)17(20)23)15-3-2-4-16(11-15)22-9-10-26-19(22)25/h2-8,11-12H,9-10H2,1H3,(H2,20,23)(H,21,24)/t12-/m1/s1. The highest BCUT2D eigenvalue weighted by Gasteiger charge is 2.24. The third kappa shape index (κ3) is 3.66. The number of cyclic esters (lactones) is 1. The summed E-state index contributed by atoms with van der Waals surface area (Å²) in [6.07, 6.45) is -0.367. The summed E-state index contributed by atoms with van der Waals surface area (Å²) in [4.78, 5) is 36.7. The van der Waals surface area contributed by atoms with Crippen LogP contribution in [0.2, 0.25) is 0 Å². The van der Waals surface area contributed by atoms with Crippen LogP contribution in [-0.4, -0.2) is 31.1 Å². The van der Waals surface area contributed by atoms with Gasteiger partial charge in [0.15, 0.2) is 0 Å². The normalized spacial score (nSPS) is 14.7. The molecular weight excluding hydrogens is 334 g/mol. The van der Waals surface area contributed by atoms with Crippen molar-refractivity contribution in [1.82, 2.24) is 5.32 Å². The fourth-order valence-electron chi connectivity index (χ4n) is 2.74. The highest BCUT2D eigenvalue weighted by Crippen LogP contribution is 2.23. The quantitative estimate of drug-likeness (QED) is 0.860. The average molecular weight is 353 g/mol. The van der Waals surface area contributed by atoms with Crippen LogP contribution >= 0.6 is 0 Å². The van der Waals surface area contributed by atoms with Crippen molar-refractivity contribution in [3.8, 4) is 0 Å². The van der Waals surface area contributed by atoms with E-state index in [9.17, 15) is 14.4 Å². The monoisotopic (exact) mass is 353 g/mol. The van der Waals surface area contributed by atoms with E-state index < -0.39 is 5.91 Å². The first-order valence-electron chi connectivity index (χ1n) is 8.20. The highest BCUT2D eigenvalue weighted by atomic mass is 16.6. The van der Waals surface area contributed by atoms with Crippen molar-refractivity contribution < 1.29 is 19.1 Å². The summed E-state index contributed by atoms with van der Waals surface area (Å²) in [7, 11) is 0. The lowest BCUT2D eigenvalue weighted by Gasteiger charge is -2.18. The Morgan fingerprint density at radius 1 is 1.15 bits per heavy atom. The van der Waals surface area contributed by atoms with Crippen molar-refractivity contribution in [3.63, 3.8) is 0 Å². The first-order valence-corrected chi connectivity index (χ1v) is 8.20. The average Bonchev–Trinajstić information content (AvgIpc) is 3.07. The Morgan fingerprint density at radius 3 is 2.46 bits per heavy atom. The smallest absolute Gasteiger partial charge is 0.414 e. The number of nitrogens with one attached hydrogen (secondary N) is 1. The molecule has 0 aliphatic carbocycles. The fraction of sp³-hybridized carbons (Fsp3) is 0.211. The van der Waals surface area contributed by atoms with Crippen LogP contribution in [0.4, 0.5) is 10.5 Å². The van der Waals surface area contributed by atoms with E-state index in [0.717, 1.165) is 11.3 Å². The van der Waals surface area contributed by atoms with Gasteiger partial charge in [-0.25, -0.2) is 4.79 Å². The molecule has 0 spiro atoms. The summed E-state index contributed by atoms with van der Waals surface area (Å²) in [5, 5.41) is 2.90. The SMILES string of the molecule is C[C@@H](NC(=O)c1ccc(C(N)=O)cc1)c1cccc(N2CCOC2=O)c1. The number of hydrogen-bond acceptors (Lipinski definition) is 4. The number of hydrogen-bond donors (Lipinski definition) is 2. The van der Waals surface area contributed by atoms with Gasteiger partial charge in [0.25, 0.3) is 5.91 Å². The third-order valence-corrected chi connectivity index (χ3v) is 4.22. The largest absolute Gasteiger partial charge is 0.447 e. The van der Waals surface area contributed by atoms with Crippen LogP contribution in [0.5, 0.6) is 0 Å². The predicted molar refractivity (Wildman–Crippen MR) is 96.0 cm³/mol. The first kappa shape index (κ1) is 17.5. The minimum Gasteiger partial charge on any atom is -0.447 e. The van der Waals surface area contributed by atoms with Crippen molar-refractivity contribution in [1.29, 1.82) is 0 Å². The van der Waals surface area contributed by atoms with Gasteiger partial charge in [-0.1, -0.05) is 12.1 Å². The van der Waals surface area contributed by atoms with Gasteiger partial charge in [0.2, 0.25) is 5.91 Å². The van der Waals surface area contributed by atoms with E-state index in [4.69, 9.17) is 10.5 Å². The molecule has 1 aliphatic heterocycles. The Labute approximate surface area is 150 Å². The number of amides is 3. The lowest BCUT2D eigenvalue weighted by Crippen LogP contribution is -2.27. The molecule has 0 radical (unpaired) electrons. The Kier molecular flexibility index (Phi) is 4.88. The second-order valence-electron chi connectivity index (χ2n) is 6.00. The van der Waals surface area contributed by atoms with E-state index >= 15 is 0 Å². The number of rotatable bonds is 5. The fourth-order valence-corrected chi connectivity index (χ4v) is 2.74. The van der Waals surface area contributed by atoms with E-state index in [1.54, 1.807) is 17.0 Å². The molecule has 26 heavy (non-hydrogen) atoms. The number of anilines is 1. The third-order valence-electron chi connectivity index (χ3n) is 4.22. The number of carbonyl (C=O) groups excluding carboxylic acids is 3. The second-order valence-corrected chi connectivity index (χ2v) is 6.00. The minimum atomic E-state index is -0.539. The molecule has 0 aromatic heterocycles. The lowest BCUT2D eigenvalue weighted by molar-refractivity contribution is 0.0937. The van der Waals surface area contributed by atoms with Crippen molar-refractivity contribution >= 4 is 23.6 Å². The number of nitrogens with two attached hydrogens (primary N) is 1. The molecule has 7 nitrogen and oxygen atoms in total. The van der Waals surface area contributed by atoms with Gasteiger partial charge < -0.3 is 15.8 Å². The zero-order valence-corrected chi connectivity index (χ0v) is 14.3. The molecule has 0 unspecified atom stereocenters. The molecule has 1 aliphatic rings. The second kappa shape index (κ2) is 7.26. The number of carbonyl (C=O) groups is 3. The maximum Gasteiger partial charge on any atom is 0.414 e. The minimum absolute atomic E-state index is 0.264. The summed E-state index contributed by atoms with van der Waals surface area (Å²) < 4.78 is 4.95. The molecule has 134 valence electrons. The molecule has 3 rings (SSSR count). The van der Waals surface area contributed by atoms with Crippen LogP contribution in [0.15, 0.2) is 48.5 Å². The summed E-state index contributed by atoms with van der Waals surface area (Å²) in [6, 6.07) is 13.3. The summed E-state index contributed by atoms with van der Waals surface area (Å²) in [6.45, 7) is 2.74. The number of benzene rings is 2. The van der Waals surface area contributed by atoms with Crippen LogP contribution in [0.1, 0.15) is 39.2 Å². The van der Waals surface area contributed by atoms with Crippen LogP contribution in [0.25, 0.3) is 0 Å². The van der Waals surface area contributed by atoms with Crippen molar-refractivity contribution in [3.05, 3.63) is 65.2 Å². The van der Waals surface area contributed by atoms with Gasteiger partial charge in [-0.3, -0.25) is 14.5 Å². The molecule has 2 aromatic carbocycles. The van der Waals surface area contributed by atoms with E-state index in [0.29, 0.717) is 24.3 Å². The molecule has 1 heterocycles. The van der Waals surface area contributed by atoms with Gasteiger partial charge in [0.1, 0.15) is 6.61 Å². The molecule has 3 amide bonds. The molecule has 1 saturated heterocycles. The van der Waals surface area contributed by atoms with E-state index in [2.05, 4.69) is 5.32 Å². The van der Waals surface area contributed by atoms with E-state index in [-0.39, 0.29) is 18.0 Å². The van der Waals surface area contributed by atoms with E-state index in [1.165, 1.54) is 12.1 Å². The van der Waals surface area contributed by atoms with Gasteiger partial charge in [0.05, 0.1) is 12.6 Å². The Bertz CT molecular complexity index is 848.